The van der Waals surface area contributed by atoms with Gasteiger partial charge in [0, 0.05) is 15.5 Å². The van der Waals surface area contributed by atoms with Crippen molar-refractivity contribution in [2.75, 3.05) is 0 Å². The highest BCUT2D eigenvalue weighted by Gasteiger charge is 2.15. The number of aryl methyl sites for hydroxylation is 1. The van der Waals surface area contributed by atoms with Gasteiger partial charge in [-0.05, 0) is 30.7 Å². The van der Waals surface area contributed by atoms with Crippen LogP contribution < -0.4 is 5.73 Å². The van der Waals surface area contributed by atoms with Crippen LogP contribution in [0, 0.1) is 12.7 Å². The number of benzene rings is 1. The molecule has 0 aliphatic heterocycles. The van der Waals surface area contributed by atoms with E-state index in [0.29, 0.717) is 5.56 Å². The molecule has 16 heavy (non-hydrogen) atoms. The van der Waals surface area contributed by atoms with Crippen molar-refractivity contribution >= 4 is 27.3 Å². The fourth-order valence-corrected chi connectivity index (χ4v) is 2.71. The second kappa shape index (κ2) is 4.61. The summed E-state index contributed by atoms with van der Waals surface area (Å²) in [5.74, 6) is -0.290. The van der Waals surface area contributed by atoms with E-state index in [1.807, 2.05) is 12.3 Å². The van der Waals surface area contributed by atoms with Crippen molar-refractivity contribution in [1.29, 1.82) is 0 Å². The molecular formula is C11H10BrFN2S. The van der Waals surface area contributed by atoms with Gasteiger partial charge in [-0.1, -0.05) is 15.9 Å². The van der Waals surface area contributed by atoms with Gasteiger partial charge in [0.25, 0.3) is 0 Å². The van der Waals surface area contributed by atoms with Crippen molar-refractivity contribution < 1.29 is 4.39 Å². The van der Waals surface area contributed by atoms with Crippen molar-refractivity contribution in [2.45, 2.75) is 13.0 Å². The van der Waals surface area contributed by atoms with Crippen molar-refractivity contribution in [1.82, 2.24) is 4.98 Å². The predicted octanol–water partition coefficient (Wildman–Crippen LogP) is 3.40. The third-order valence-corrected chi connectivity index (χ3v) is 3.96. The van der Waals surface area contributed by atoms with Gasteiger partial charge in [-0.25, -0.2) is 9.37 Å². The molecule has 0 bridgehead atoms. The van der Waals surface area contributed by atoms with Gasteiger partial charge >= 0.3 is 0 Å². The Morgan fingerprint density at radius 2 is 2.25 bits per heavy atom. The van der Waals surface area contributed by atoms with Crippen LogP contribution in [0.15, 0.2) is 28.1 Å². The molecule has 0 amide bonds. The van der Waals surface area contributed by atoms with E-state index in [1.165, 1.54) is 23.5 Å². The normalized spacial score (nSPS) is 12.8. The van der Waals surface area contributed by atoms with Gasteiger partial charge in [0.05, 0.1) is 6.04 Å². The van der Waals surface area contributed by atoms with Gasteiger partial charge in [-0.3, -0.25) is 0 Å². The molecule has 0 aliphatic carbocycles. The van der Waals surface area contributed by atoms with E-state index in [9.17, 15) is 4.39 Å². The molecule has 1 aromatic carbocycles. The van der Waals surface area contributed by atoms with Gasteiger partial charge < -0.3 is 5.73 Å². The zero-order chi connectivity index (χ0) is 11.7. The fourth-order valence-electron chi connectivity index (χ4n) is 1.40. The summed E-state index contributed by atoms with van der Waals surface area (Å²) in [6.45, 7) is 1.91. The Bertz CT molecular complexity index is 512. The van der Waals surface area contributed by atoms with Crippen LogP contribution >= 0.6 is 27.3 Å². The first-order valence-electron chi connectivity index (χ1n) is 4.70. The number of nitrogens with zero attached hydrogens (tertiary/aromatic N) is 1. The maximum atomic E-state index is 13.1. The van der Waals surface area contributed by atoms with E-state index in [1.54, 1.807) is 6.07 Å². The highest BCUT2D eigenvalue weighted by molar-refractivity contribution is 9.10. The van der Waals surface area contributed by atoms with E-state index in [0.717, 1.165) is 15.2 Å². The number of hydrogen-bond donors (Lipinski definition) is 1. The maximum Gasteiger partial charge on any atom is 0.123 e. The smallest absolute Gasteiger partial charge is 0.123 e. The predicted molar refractivity (Wildman–Crippen MR) is 67.0 cm³/mol. The lowest BCUT2D eigenvalue weighted by Gasteiger charge is -2.11. The quantitative estimate of drug-likeness (QED) is 0.923. The average Bonchev–Trinajstić information content (AvgIpc) is 2.67. The molecule has 0 saturated heterocycles. The maximum absolute atomic E-state index is 13.1. The first-order chi connectivity index (χ1) is 7.58. The molecule has 2 nitrogen and oxygen atoms in total. The fraction of sp³-hybridized carbons (Fsp3) is 0.182. The largest absolute Gasteiger partial charge is 0.318 e. The number of nitrogens with two attached hydrogens (primary N) is 1. The second-order valence-electron chi connectivity index (χ2n) is 3.47. The SMILES string of the molecule is Cc1csc(C(N)c2cc(F)ccc2Br)n1. The van der Waals surface area contributed by atoms with Gasteiger partial charge in [0.1, 0.15) is 10.8 Å². The van der Waals surface area contributed by atoms with Crippen molar-refractivity contribution in [3.63, 3.8) is 0 Å². The Labute approximate surface area is 105 Å². The van der Waals surface area contributed by atoms with Crippen molar-refractivity contribution in [2.24, 2.45) is 5.73 Å². The van der Waals surface area contributed by atoms with Crippen LogP contribution in [-0.2, 0) is 0 Å². The van der Waals surface area contributed by atoms with Crippen LogP contribution in [0.2, 0.25) is 0 Å². The van der Waals surface area contributed by atoms with Crippen LogP contribution in [0.1, 0.15) is 22.3 Å². The van der Waals surface area contributed by atoms with E-state index < -0.39 is 0 Å². The minimum Gasteiger partial charge on any atom is -0.318 e. The van der Waals surface area contributed by atoms with E-state index >= 15 is 0 Å². The van der Waals surface area contributed by atoms with Crippen LogP contribution in [-0.4, -0.2) is 4.98 Å². The molecule has 0 radical (unpaired) electrons. The standard InChI is InChI=1S/C11H10BrFN2S/c1-6-5-16-11(15-6)10(14)8-4-7(13)2-3-9(8)12/h2-5,10H,14H2,1H3. The molecule has 5 heteroatoms. The monoisotopic (exact) mass is 300 g/mol. The first kappa shape index (κ1) is 11.7. The Morgan fingerprint density at radius 3 is 2.88 bits per heavy atom. The Hall–Kier alpha value is -0.780. The molecule has 84 valence electrons. The Morgan fingerprint density at radius 1 is 1.50 bits per heavy atom. The zero-order valence-corrected chi connectivity index (χ0v) is 11.0. The summed E-state index contributed by atoms with van der Waals surface area (Å²) in [5, 5.41) is 2.73. The van der Waals surface area contributed by atoms with E-state index in [4.69, 9.17) is 5.73 Å². The van der Waals surface area contributed by atoms with Gasteiger partial charge in [0.15, 0.2) is 0 Å². The van der Waals surface area contributed by atoms with Crippen LogP contribution in [0.4, 0.5) is 4.39 Å². The number of hydrogen-bond acceptors (Lipinski definition) is 3. The van der Waals surface area contributed by atoms with Gasteiger partial charge in [-0.15, -0.1) is 11.3 Å². The third kappa shape index (κ3) is 2.31. The van der Waals surface area contributed by atoms with Crippen LogP contribution in [0.25, 0.3) is 0 Å². The highest BCUT2D eigenvalue weighted by atomic mass is 79.9. The molecule has 0 aliphatic rings. The molecular weight excluding hydrogens is 291 g/mol. The topological polar surface area (TPSA) is 38.9 Å². The summed E-state index contributed by atoms with van der Waals surface area (Å²) in [7, 11) is 0. The number of thiazole rings is 1. The lowest BCUT2D eigenvalue weighted by molar-refractivity contribution is 0.623. The zero-order valence-electron chi connectivity index (χ0n) is 8.58. The van der Waals surface area contributed by atoms with Gasteiger partial charge in [0.2, 0.25) is 0 Å². The summed E-state index contributed by atoms with van der Waals surface area (Å²) in [4.78, 5) is 4.31. The van der Waals surface area contributed by atoms with Crippen molar-refractivity contribution in [3.8, 4) is 0 Å². The lowest BCUT2D eigenvalue weighted by Crippen LogP contribution is -2.12. The average molecular weight is 301 g/mol. The highest BCUT2D eigenvalue weighted by Crippen LogP contribution is 2.29. The minimum atomic E-state index is -0.385. The van der Waals surface area contributed by atoms with Crippen LogP contribution in [0.5, 0.6) is 0 Å². The summed E-state index contributed by atoms with van der Waals surface area (Å²) >= 11 is 4.85. The summed E-state index contributed by atoms with van der Waals surface area (Å²) in [5.41, 5.74) is 7.70. The molecule has 1 atom stereocenters. The molecule has 2 N–H and O–H groups in total. The number of halogens is 2. The van der Waals surface area contributed by atoms with E-state index in [2.05, 4.69) is 20.9 Å². The minimum absolute atomic E-state index is 0.290. The summed E-state index contributed by atoms with van der Waals surface area (Å²) in [6.07, 6.45) is 0. The first-order valence-corrected chi connectivity index (χ1v) is 6.38. The summed E-state index contributed by atoms with van der Waals surface area (Å²) in [6, 6.07) is 4.10. The molecule has 1 unspecified atom stereocenters. The molecule has 0 fully saturated rings. The molecule has 1 heterocycles. The van der Waals surface area contributed by atoms with Gasteiger partial charge in [-0.2, -0.15) is 0 Å². The van der Waals surface area contributed by atoms with Crippen LogP contribution in [0.3, 0.4) is 0 Å². The summed E-state index contributed by atoms with van der Waals surface area (Å²) < 4.78 is 13.9. The second-order valence-corrected chi connectivity index (χ2v) is 5.21. The number of rotatable bonds is 2. The molecule has 2 aromatic rings. The van der Waals surface area contributed by atoms with Crippen molar-refractivity contribution in [3.05, 3.63) is 50.1 Å². The third-order valence-electron chi connectivity index (χ3n) is 2.20. The molecule has 2 rings (SSSR count). The molecule has 0 saturated carbocycles. The van der Waals surface area contributed by atoms with E-state index in [-0.39, 0.29) is 11.9 Å². The molecule has 1 aromatic heterocycles. The Balaban J connectivity index is 2.40. The Kier molecular flexibility index (Phi) is 3.37. The number of aromatic nitrogens is 1. The molecule has 0 spiro atoms. The lowest BCUT2D eigenvalue weighted by atomic mass is 10.1.